The highest BCUT2D eigenvalue weighted by atomic mass is 19.1. The second-order valence-corrected chi connectivity index (χ2v) is 6.33. The molecule has 1 amide bonds. The summed E-state index contributed by atoms with van der Waals surface area (Å²) in [4.78, 5) is 14.3. The molecule has 2 heterocycles. The molecule has 0 bridgehead atoms. The summed E-state index contributed by atoms with van der Waals surface area (Å²) in [5, 5.41) is 17.5. The van der Waals surface area contributed by atoms with E-state index in [1.165, 1.54) is 16.8 Å². The lowest BCUT2D eigenvalue weighted by Crippen LogP contribution is -2.44. The minimum Gasteiger partial charge on any atom is -0.396 e. The number of likely N-dealkylation sites (tertiary alicyclic amines) is 1. The third-order valence-electron chi connectivity index (χ3n) is 5.00. The molecule has 7 heteroatoms. The molecule has 0 spiro atoms. The van der Waals surface area contributed by atoms with Crippen LogP contribution in [-0.4, -0.2) is 50.6 Å². The zero-order valence-corrected chi connectivity index (χ0v) is 13.7. The first kappa shape index (κ1) is 16.6. The Balaban J connectivity index is 1.69. The fourth-order valence-corrected chi connectivity index (χ4v) is 3.05. The largest absolute Gasteiger partial charge is 0.396 e. The van der Waals surface area contributed by atoms with Crippen molar-refractivity contribution in [1.82, 2.24) is 19.9 Å². The van der Waals surface area contributed by atoms with Gasteiger partial charge in [-0.05, 0) is 48.9 Å². The Morgan fingerprint density at radius 2 is 1.96 bits per heavy atom. The number of amides is 1. The molecule has 1 aliphatic heterocycles. The molecule has 0 saturated carbocycles. The number of hydrogen-bond donors (Lipinski definition) is 1. The van der Waals surface area contributed by atoms with Crippen LogP contribution in [0.15, 0.2) is 30.5 Å². The minimum atomic E-state index is -0.327. The van der Waals surface area contributed by atoms with Crippen LogP contribution in [0.3, 0.4) is 0 Å². The molecule has 1 aliphatic rings. The number of hydrogen-bond acceptors (Lipinski definition) is 4. The Hall–Kier alpha value is -2.28. The monoisotopic (exact) mass is 332 g/mol. The van der Waals surface area contributed by atoms with Crippen LogP contribution in [0.4, 0.5) is 4.39 Å². The normalized spacial score (nSPS) is 17.0. The van der Waals surface area contributed by atoms with Crippen LogP contribution in [0.2, 0.25) is 0 Å². The maximum absolute atomic E-state index is 13.0. The molecule has 1 N–H and O–H groups in total. The molecular formula is C17H21FN4O2. The second kappa shape index (κ2) is 6.68. The van der Waals surface area contributed by atoms with Gasteiger partial charge in [0.15, 0.2) is 5.69 Å². The highest BCUT2D eigenvalue weighted by molar-refractivity contribution is 5.92. The van der Waals surface area contributed by atoms with E-state index >= 15 is 0 Å². The number of benzene rings is 1. The number of rotatable bonds is 4. The number of carbonyl (C=O) groups excluding carboxylic acids is 1. The van der Waals surface area contributed by atoms with Crippen LogP contribution >= 0.6 is 0 Å². The molecule has 1 aromatic heterocycles. The lowest BCUT2D eigenvalue weighted by molar-refractivity contribution is 0.0334. The van der Waals surface area contributed by atoms with Gasteiger partial charge in [0, 0.05) is 19.7 Å². The molecule has 6 nitrogen and oxygen atoms in total. The van der Waals surface area contributed by atoms with Crippen molar-refractivity contribution < 1.29 is 14.3 Å². The van der Waals surface area contributed by atoms with Gasteiger partial charge in [0.1, 0.15) is 5.82 Å². The zero-order chi connectivity index (χ0) is 17.2. The summed E-state index contributed by atoms with van der Waals surface area (Å²) in [7, 11) is 0. The lowest BCUT2D eigenvalue weighted by Gasteiger charge is -2.39. The van der Waals surface area contributed by atoms with Gasteiger partial charge >= 0.3 is 0 Å². The van der Waals surface area contributed by atoms with E-state index in [2.05, 4.69) is 17.2 Å². The van der Waals surface area contributed by atoms with E-state index in [-0.39, 0.29) is 29.4 Å². The van der Waals surface area contributed by atoms with Crippen molar-refractivity contribution in [2.75, 3.05) is 19.7 Å². The van der Waals surface area contributed by atoms with Gasteiger partial charge in [0.25, 0.3) is 5.91 Å². The standard InChI is InChI=1S/C17H21FN4O2/c1-2-17(12-23)7-9-21(10-8-17)16(24)15-11-22(20-19-15)14-5-3-13(18)4-6-14/h3-6,11,23H,2,7-10,12H2,1H3. The maximum atomic E-state index is 13.0. The van der Waals surface area contributed by atoms with E-state index in [4.69, 9.17) is 0 Å². The number of aromatic nitrogens is 3. The summed E-state index contributed by atoms with van der Waals surface area (Å²) in [6.07, 6.45) is 4.05. The van der Waals surface area contributed by atoms with Crippen molar-refractivity contribution in [2.45, 2.75) is 26.2 Å². The summed E-state index contributed by atoms with van der Waals surface area (Å²) in [6, 6.07) is 5.83. The minimum absolute atomic E-state index is 0.0670. The van der Waals surface area contributed by atoms with E-state index in [0.717, 1.165) is 19.3 Å². The smallest absolute Gasteiger partial charge is 0.276 e. The molecular weight excluding hydrogens is 311 g/mol. The topological polar surface area (TPSA) is 71.2 Å². The maximum Gasteiger partial charge on any atom is 0.276 e. The summed E-state index contributed by atoms with van der Waals surface area (Å²) in [5.41, 5.74) is 0.849. The summed E-state index contributed by atoms with van der Waals surface area (Å²) in [5.74, 6) is -0.488. The van der Waals surface area contributed by atoms with E-state index in [1.54, 1.807) is 23.2 Å². The highest BCUT2D eigenvalue weighted by Gasteiger charge is 2.34. The first-order chi connectivity index (χ1) is 11.6. The van der Waals surface area contributed by atoms with Crippen molar-refractivity contribution in [3.05, 3.63) is 42.0 Å². The molecule has 1 fully saturated rings. The molecule has 2 aromatic rings. The Labute approximate surface area is 139 Å². The Morgan fingerprint density at radius 3 is 2.54 bits per heavy atom. The molecule has 1 saturated heterocycles. The van der Waals surface area contributed by atoms with Gasteiger partial charge in [-0.2, -0.15) is 0 Å². The van der Waals surface area contributed by atoms with Gasteiger partial charge in [-0.15, -0.1) is 5.10 Å². The van der Waals surface area contributed by atoms with Crippen molar-refractivity contribution in [3.63, 3.8) is 0 Å². The van der Waals surface area contributed by atoms with E-state index in [0.29, 0.717) is 18.8 Å². The Kier molecular flexibility index (Phi) is 4.62. The highest BCUT2D eigenvalue weighted by Crippen LogP contribution is 2.34. The van der Waals surface area contributed by atoms with Crippen LogP contribution < -0.4 is 0 Å². The average molecular weight is 332 g/mol. The van der Waals surface area contributed by atoms with Gasteiger partial charge in [-0.3, -0.25) is 4.79 Å². The first-order valence-corrected chi connectivity index (χ1v) is 8.15. The van der Waals surface area contributed by atoms with Gasteiger partial charge < -0.3 is 10.0 Å². The fraction of sp³-hybridized carbons (Fsp3) is 0.471. The molecule has 128 valence electrons. The van der Waals surface area contributed by atoms with Crippen molar-refractivity contribution >= 4 is 5.91 Å². The van der Waals surface area contributed by atoms with E-state index < -0.39 is 0 Å². The third-order valence-corrected chi connectivity index (χ3v) is 5.00. The second-order valence-electron chi connectivity index (χ2n) is 6.33. The van der Waals surface area contributed by atoms with E-state index in [1.807, 2.05) is 0 Å². The Bertz CT molecular complexity index is 700. The molecule has 0 unspecified atom stereocenters. The number of piperidine rings is 1. The molecule has 1 aromatic carbocycles. The Morgan fingerprint density at radius 1 is 1.29 bits per heavy atom. The number of aliphatic hydroxyl groups excluding tert-OH is 1. The summed E-state index contributed by atoms with van der Waals surface area (Å²) in [6.45, 7) is 3.45. The van der Waals surface area contributed by atoms with Crippen molar-refractivity contribution in [3.8, 4) is 5.69 Å². The SMILES string of the molecule is CCC1(CO)CCN(C(=O)c2cn(-c3ccc(F)cc3)nn2)CC1. The molecule has 0 radical (unpaired) electrons. The summed E-state index contributed by atoms with van der Waals surface area (Å²) >= 11 is 0. The quantitative estimate of drug-likeness (QED) is 0.930. The van der Waals surface area contributed by atoms with Crippen molar-refractivity contribution in [1.29, 1.82) is 0 Å². The van der Waals surface area contributed by atoms with Crippen molar-refractivity contribution in [2.24, 2.45) is 5.41 Å². The number of carbonyl (C=O) groups is 1. The van der Waals surface area contributed by atoms with Crippen LogP contribution in [0.1, 0.15) is 36.7 Å². The number of aliphatic hydroxyl groups is 1. The van der Waals surface area contributed by atoms with Gasteiger partial charge in [-0.25, -0.2) is 9.07 Å². The molecule has 3 rings (SSSR count). The molecule has 24 heavy (non-hydrogen) atoms. The lowest BCUT2D eigenvalue weighted by atomic mass is 9.77. The zero-order valence-electron chi connectivity index (χ0n) is 13.7. The predicted octanol–water partition coefficient (Wildman–Crippen LogP) is 2.03. The third kappa shape index (κ3) is 3.17. The number of halogens is 1. The van der Waals surface area contributed by atoms with E-state index in [9.17, 15) is 14.3 Å². The van der Waals surface area contributed by atoms with Gasteiger partial charge in [0.05, 0.1) is 11.9 Å². The summed E-state index contributed by atoms with van der Waals surface area (Å²) < 4.78 is 14.4. The average Bonchev–Trinajstić information content (AvgIpc) is 3.12. The predicted molar refractivity (Wildman–Crippen MR) is 86.3 cm³/mol. The van der Waals surface area contributed by atoms with Crippen LogP contribution in [0.25, 0.3) is 5.69 Å². The van der Waals surface area contributed by atoms with Gasteiger partial charge in [0.2, 0.25) is 0 Å². The fourth-order valence-electron chi connectivity index (χ4n) is 3.05. The van der Waals surface area contributed by atoms with Crippen LogP contribution in [0.5, 0.6) is 0 Å². The molecule has 0 atom stereocenters. The van der Waals surface area contributed by atoms with Gasteiger partial charge in [-0.1, -0.05) is 12.1 Å². The first-order valence-electron chi connectivity index (χ1n) is 8.15. The van der Waals surface area contributed by atoms with Crippen LogP contribution in [-0.2, 0) is 0 Å². The number of nitrogens with zero attached hydrogens (tertiary/aromatic N) is 4. The molecule has 0 aliphatic carbocycles. The van der Waals surface area contributed by atoms with Crippen LogP contribution in [0, 0.1) is 11.2 Å².